The van der Waals surface area contributed by atoms with Crippen LogP contribution in [0.25, 0.3) is 0 Å². The number of anilines is 2. The molecule has 0 radical (unpaired) electrons. The van der Waals surface area contributed by atoms with Crippen LogP contribution in [0.1, 0.15) is 26.1 Å². The maximum absolute atomic E-state index is 11.5. The number of hydrogen-bond donors (Lipinski definition) is 3. The van der Waals surface area contributed by atoms with Gasteiger partial charge in [-0.3, -0.25) is 4.79 Å². The summed E-state index contributed by atoms with van der Waals surface area (Å²) < 4.78 is 5.02. The minimum atomic E-state index is 0.0208. The van der Waals surface area contributed by atoms with Crippen LogP contribution in [0.4, 0.5) is 11.6 Å². The zero-order valence-corrected chi connectivity index (χ0v) is 12.5. The summed E-state index contributed by atoms with van der Waals surface area (Å²) in [4.78, 5) is 20.1. The van der Waals surface area contributed by atoms with Crippen LogP contribution in [-0.2, 0) is 16.1 Å². The summed E-state index contributed by atoms with van der Waals surface area (Å²) in [7, 11) is 3.39. The van der Waals surface area contributed by atoms with Gasteiger partial charge in [-0.2, -0.15) is 0 Å². The van der Waals surface area contributed by atoms with Gasteiger partial charge in [0.25, 0.3) is 0 Å². The second-order valence-electron chi connectivity index (χ2n) is 4.64. The van der Waals surface area contributed by atoms with Crippen molar-refractivity contribution in [2.45, 2.75) is 32.9 Å². The number of methoxy groups -OCH3 is 1. The molecule has 0 saturated carbocycles. The summed E-state index contributed by atoms with van der Waals surface area (Å²) in [6, 6.07) is 1.95. The van der Waals surface area contributed by atoms with Crippen molar-refractivity contribution in [3.05, 3.63) is 11.9 Å². The SMILES string of the molecule is CNc1cc(NCCC(=O)NC(C)C)nc(COC)n1. The van der Waals surface area contributed by atoms with Crippen LogP contribution in [0.5, 0.6) is 0 Å². The molecule has 1 amide bonds. The van der Waals surface area contributed by atoms with Crippen molar-refractivity contribution in [1.29, 1.82) is 0 Å². The molecule has 1 rings (SSSR count). The van der Waals surface area contributed by atoms with Crippen LogP contribution in [0.3, 0.4) is 0 Å². The third-order valence-corrected chi connectivity index (χ3v) is 2.41. The van der Waals surface area contributed by atoms with E-state index in [1.165, 1.54) is 0 Å². The minimum Gasteiger partial charge on any atom is -0.377 e. The first-order valence-corrected chi connectivity index (χ1v) is 6.63. The van der Waals surface area contributed by atoms with Crippen molar-refractivity contribution >= 4 is 17.5 Å². The molecule has 7 nitrogen and oxygen atoms in total. The molecule has 0 bridgehead atoms. The largest absolute Gasteiger partial charge is 0.377 e. The van der Waals surface area contributed by atoms with Crippen molar-refractivity contribution < 1.29 is 9.53 Å². The molecule has 1 aromatic heterocycles. The van der Waals surface area contributed by atoms with Crippen LogP contribution >= 0.6 is 0 Å². The molecule has 0 aliphatic heterocycles. The first-order valence-electron chi connectivity index (χ1n) is 6.63. The number of hydrogen-bond acceptors (Lipinski definition) is 6. The van der Waals surface area contributed by atoms with E-state index in [1.807, 2.05) is 13.8 Å². The zero-order valence-electron chi connectivity index (χ0n) is 12.5. The molecular formula is C13H23N5O2. The Hall–Kier alpha value is -1.89. The lowest BCUT2D eigenvalue weighted by molar-refractivity contribution is -0.121. The summed E-state index contributed by atoms with van der Waals surface area (Å²) >= 11 is 0. The van der Waals surface area contributed by atoms with Crippen molar-refractivity contribution in [3.63, 3.8) is 0 Å². The highest BCUT2D eigenvalue weighted by molar-refractivity contribution is 5.76. The van der Waals surface area contributed by atoms with Gasteiger partial charge in [0.05, 0.1) is 0 Å². The number of carbonyl (C=O) groups excluding carboxylic acids is 1. The second-order valence-corrected chi connectivity index (χ2v) is 4.64. The summed E-state index contributed by atoms with van der Waals surface area (Å²) in [5, 5.41) is 8.92. The first-order chi connectivity index (χ1) is 9.55. The maximum Gasteiger partial charge on any atom is 0.221 e. The van der Waals surface area contributed by atoms with Gasteiger partial charge < -0.3 is 20.7 Å². The zero-order chi connectivity index (χ0) is 15.0. The van der Waals surface area contributed by atoms with Crippen molar-refractivity contribution in [3.8, 4) is 0 Å². The smallest absolute Gasteiger partial charge is 0.221 e. The number of rotatable bonds is 8. The highest BCUT2D eigenvalue weighted by atomic mass is 16.5. The molecule has 0 fully saturated rings. The van der Waals surface area contributed by atoms with Gasteiger partial charge >= 0.3 is 0 Å². The van der Waals surface area contributed by atoms with Gasteiger partial charge in [-0.25, -0.2) is 9.97 Å². The topological polar surface area (TPSA) is 88.2 Å². The minimum absolute atomic E-state index is 0.0208. The Morgan fingerprint density at radius 2 is 2.05 bits per heavy atom. The Morgan fingerprint density at radius 1 is 1.35 bits per heavy atom. The first kappa shape index (κ1) is 16.2. The highest BCUT2D eigenvalue weighted by Crippen LogP contribution is 2.11. The molecule has 1 aromatic rings. The average molecular weight is 281 g/mol. The molecule has 0 spiro atoms. The van der Waals surface area contributed by atoms with Crippen molar-refractivity contribution in [2.75, 3.05) is 31.3 Å². The van der Waals surface area contributed by atoms with Gasteiger partial charge in [0.15, 0.2) is 5.82 Å². The number of nitrogens with zero attached hydrogens (tertiary/aromatic N) is 2. The van der Waals surface area contributed by atoms with E-state index in [0.717, 1.165) is 0 Å². The summed E-state index contributed by atoms with van der Waals surface area (Å²) in [5.74, 6) is 2.00. The lowest BCUT2D eigenvalue weighted by atomic mass is 10.3. The predicted octanol–water partition coefficient (Wildman–Crippen LogP) is 0.991. The standard InChI is InChI=1S/C13H23N5O2/c1-9(2)16-13(19)5-6-15-11-7-10(14-3)17-12(18-11)8-20-4/h7,9H,5-6,8H2,1-4H3,(H,16,19)(H2,14,15,17,18). The Labute approximate surface area is 119 Å². The average Bonchev–Trinajstić information content (AvgIpc) is 2.38. The van der Waals surface area contributed by atoms with E-state index in [4.69, 9.17) is 4.74 Å². The van der Waals surface area contributed by atoms with Crippen LogP contribution < -0.4 is 16.0 Å². The van der Waals surface area contributed by atoms with E-state index >= 15 is 0 Å². The van der Waals surface area contributed by atoms with Gasteiger partial charge in [-0.1, -0.05) is 0 Å². The van der Waals surface area contributed by atoms with Gasteiger partial charge in [0.2, 0.25) is 5.91 Å². The molecule has 1 heterocycles. The summed E-state index contributed by atoms with van der Waals surface area (Å²) in [6.07, 6.45) is 0.399. The molecule has 0 aliphatic carbocycles. The fourth-order valence-corrected chi connectivity index (χ4v) is 1.61. The van der Waals surface area contributed by atoms with Crippen LogP contribution in [0.2, 0.25) is 0 Å². The molecule has 3 N–H and O–H groups in total. The van der Waals surface area contributed by atoms with E-state index < -0.39 is 0 Å². The third kappa shape index (κ3) is 5.83. The maximum atomic E-state index is 11.5. The molecule has 0 aromatic carbocycles. The van der Waals surface area contributed by atoms with Gasteiger partial charge in [-0.05, 0) is 13.8 Å². The molecule has 0 unspecified atom stereocenters. The molecule has 7 heteroatoms. The molecular weight excluding hydrogens is 258 g/mol. The van der Waals surface area contributed by atoms with Crippen LogP contribution in [0, 0.1) is 0 Å². The van der Waals surface area contributed by atoms with E-state index in [-0.39, 0.29) is 11.9 Å². The lowest BCUT2D eigenvalue weighted by Gasteiger charge is -2.11. The van der Waals surface area contributed by atoms with Gasteiger partial charge in [-0.15, -0.1) is 0 Å². The Kier molecular flexibility index (Phi) is 6.72. The molecule has 0 saturated heterocycles. The van der Waals surface area contributed by atoms with E-state index in [0.29, 0.717) is 37.0 Å². The van der Waals surface area contributed by atoms with Crippen molar-refractivity contribution in [2.24, 2.45) is 0 Å². The van der Waals surface area contributed by atoms with Crippen molar-refractivity contribution in [1.82, 2.24) is 15.3 Å². The number of ether oxygens (including phenoxy) is 1. The normalized spacial score (nSPS) is 10.4. The fourth-order valence-electron chi connectivity index (χ4n) is 1.61. The quantitative estimate of drug-likeness (QED) is 0.658. The number of nitrogens with one attached hydrogen (secondary N) is 3. The summed E-state index contributed by atoms with van der Waals surface area (Å²) in [5.41, 5.74) is 0. The second kappa shape index (κ2) is 8.31. The van der Waals surface area contributed by atoms with E-state index in [9.17, 15) is 4.79 Å². The number of carbonyl (C=O) groups is 1. The Balaban J connectivity index is 2.54. The molecule has 0 atom stereocenters. The molecule has 20 heavy (non-hydrogen) atoms. The number of aromatic nitrogens is 2. The fraction of sp³-hybridized carbons (Fsp3) is 0.615. The van der Waals surface area contributed by atoms with Crippen LogP contribution in [0.15, 0.2) is 6.07 Å². The molecule has 0 aliphatic rings. The van der Waals surface area contributed by atoms with E-state index in [1.54, 1.807) is 20.2 Å². The number of amides is 1. The van der Waals surface area contributed by atoms with E-state index in [2.05, 4.69) is 25.9 Å². The molecule has 112 valence electrons. The Bertz CT molecular complexity index is 437. The lowest BCUT2D eigenvalue weighted by Crippen LogP contribution is -2.31. The Morgan fingerprint density at radius 3 is 2.65 bits per heavy atom. The summed E-state index contributed by atoms with van der Waals surface area (Å²) in [6.45, 7) is 4.74. The van der Waals surface area contributed by atoms with Gasteiger partial charge in [0, 0.05) is 39.2 Å². The monoisotopic (exact) mass is 281 g/mol. The van der Waals surface area contributed by atoms with Crippen LogP contribution in [-0.4, -0.2) is 42.6 Å². The highest BCUT2D eigenvalue weighted by Gasteiger charge is 2.06. The predicted molar refractivity (Wildman–Crippen MR) is 78.7 cm³/mol. The van der Waals surface area contributed by atoms with Gasteiger partial charge in [0.1, 0.15) is 18.2 Å². The third-order valence-electron chi connectivity index (χ3n) is 2.41.